The van der Waals surface area contributed by atoms with Gasteiger partial charge in [0.2, 0.25) is 0 Å². The predicted octanol–water partition coefficient (Wildman–Crippen LogP) is 8.56. The number of rotatable bonds is 14. The molecule has 0 aliphatic heterocycles. The number of anilines is 2. The Morgan fingerprint density at radius 2 is 1.18 bits per heavy atom. The maximum absolute atomic E-state index is 13.6. The number of halogens is 6. The predicted molar refractivity (Wildman–Crippen MR) is 195 cm³/mol. The zero-order valence-corrected chi connectivity index (χ0v) is 31.2. The Morgan fingerprint density at radius 3 is 1.62 bits per heavy atom. The van der Waals surface area contributed by atoms with Gasteiger partial charge in [0.1, 0.15) is 37.1 Å². The van der Waals surface area contributed by atoms with E-state index in [1.165, 1.54) is 36.4 Å². The van der Waals surface area contributed by atoms with Gasteiger partial charge in [0.15, 0.2) is 5.75 Å². The quantitative estimate of drug-likeness (QED) is 0.0842. The fourth-order valence-corrected chi connectivity index (χ4v) is 6.36. The summed E-state index contributed by atoms with van der Waals surface area (Å²) in [5.74, 6) is -2.57. The fourth-order valence-electron chi connectivity index (χ4n) is 4.30. The molecule has 1 amide bonds. The summed E-state index contributed by atoms with van der Waals surface area (Å²) in [6, 6.07) is 15.3. The Balaban J connectivity index is 0.000000271. The fraction of sp³-hybridized carbons (Fsp3) is 0.206. The van der Waals surface area contributed by atoms with Crippen LogP contribution in [0.25, 0.3) is 0 Å². The number of aliphatic carboxylic acids is 2. The van der Waals surface area contributed by atoms with Gasteiger partial charge in [-0.05, 0) is 116 Å². The van der Waals surface area contributed by atoms with Gasteiger partial charge in [0, 0.05) is 37.5 Å². The number of carboxylic acids is 2. The van der Waals surface area contributed by atoms with Gasteiger partial charge in [0.05, 0.1) is 19.0 Å². The molecule has 5 N–H and O–H groups in total. The molecule has 0 aliphatic rings. The van der Waals surface area contributed by atoms with Crippen molar-refractivity contribution in [3.05, 3.63) is 114 Å². The summed E-state index contributed by atoms with van der Waals surface area (Å²) in [5, 5.41) is 25.9. The Kier molecular flexibility index (Phi) is 15.6. The van der Waals surface area contributed by atoms with Crippen LogP contribution < -0.4 is 25.4 Å². The van der Waals surface area contributed by atoms with Gasteiger partial charge in [-0.2, -0.15) is 0 Å². The molecule has 0 spiro atoms. The molecule has 0 bridgehead atoms. The van der Waals surface area contributed by atoms with Crippen LogP contribution in [0.5, 0.6) is 11.5 Å². The van der Waals surface area contributed by atoms with Crippen molar-refractivity contribution in [3.63, 3.8) is 0 Å². The minimum Gasteiger partial charge on any atom is -0.487 e. The minimum atomic E-state index is -1.13. The standard InChI is InChI=1S/C17H15Br2FN2O4.C17H16Cl2FNO3/c1-21-12-3-9(2-11(20)6-12)8-26-16-13(18)4-10(5-14(16)19)17(25)22-7-15(23)24;1-21-13-5-11(4-12(20)8-13)9-24-17-14(18)6-10(7-15(17)19)2-3-16(22)23/h2-6,21H,7-8H2,1H3,(H,22,25)(H,23,24);4-8,21H,2-3,9H2,1H3,(H,22,23). The van der Waals surface area contributed by atoms with E-state index >= 15 is 0 Å². The van der Waals surface area contributed by atoms with Gasteiger partial charge < -0.3 is 35.6 Å². The van der Waals surface area contributed by atoms with Crippen LogP contribution in [0.15, 0.2) is 69.6 Å². The molecule has 0 radical (unpaired) electrons. The summed E-state index contributed by atoms with van der Waals surface area (Å²) in [7, 11) is 3.39. The molecule has 0 atom stereocenters. The van der Waals surface area contributed by atoms with E-state index in [0.717, 1.165) is 0 Å². The second-order valence-electron chi connectivity index (χ2n) is 10.4. The largest absolute Gasteiger partial charge is 0.487 e. The number of hydrogen-bond acceptors (Lipinski definition) is 7. The van der Waals surface area contributed by atoms with Crippen LogP contribution in [0.2, 0.25) is 10.0 Å². The first-order valence-electron chi connectivity index (χ1n) is 14.6. The maximum atomic E-state index is 13.6. The van der Waals surface area contributed by atoms with Crippen molar-refractivity contribution in [1.29, 1.82) is 0 Å². The molecule has 0 fully saturated rings. The third-order valence-corrected chi connectivity index (χ3v) is 8.34. The monoisotopic (exact) mass is 859 g/mol. The lowest BCUT2D eigenvalue weighted by Gasteiger charge is -2.13. The normalized spacial score (nSPS) is 10.4. The van der Waals surface area contributed by atoms with Crippen LogP contribution in [-0.4, -0.2) is 48.7 Å². The molecule has 0 saturated heterocycles. The first-order chi connectivity index (χ1) is 23.7. The smallest absolute Gasteiger partial charge is 0.322 e. The number of benzene rings is 4. The van der Waals surface area contributed by atoms with Crippen molar-refractivity contribution in [1.82, 2.24) is 5.32 Å². The lowest BCUT2D eigenvalue weighted by atomic mass is 10.1. The zero-order chi connectivity index (χ0) is 37.0. The molecule has 10 nitrogen and oxygen atoms in total. The second kappa shape index (κ2) is 19.3. The number of hydrogen-bond donors (Lipinski definition) is 5. The Bertz CT molecular complexity index is 1820. The van der Waals surface area contributed by atoms with E-state index in [2.05, 4.69) is 47.8 Å². The van der Waals surface area contributed by atoms with Crippen LogP contribution >= 0.6 is 55.1 Å². The molecule has 0 heterocycles. The molecular formula is C34H31Br2Cl2F2N3O7. The summed E-state index contributed by atoms with van der Waals surface area (Å²) in [6.45, 7) is -0.256. The van der Waals surface area contributed by atoms with Gasteiger partial charge in [-0.25, -0.2) is 8.78 Å². The van der Waals surface area contributed by atoms with E-state index in [1.807, 2.05) is 0 Å². The van der Waals surface area contributed by atoms with Crippen molar-refractivity contribution >= 4 is 84.3 Å². The average Bonchev–Trinajstić information content (AvgIpc) is 3.05. The number of nitrogens with one attached hydrogen (secondary N) is 3. The van der Waals surface area contributed by atoms with Crippen LogP contribution in [0, 0.1) is 11.6 Å². The zero-order valence-electron chi connectivity index (χ0n) is 26.5. The average molecular weight is 862 g/mol. The molecule has 0 saturated carbocycles. The molecule has 0 unspecified atom stereocenters. The van der Waals surface area contributed by atoms with Crippen molar-refractivity contribution in [2.45, 2.75) is 26.1 Å². The van der Waals surface area contributed by atoms with Gasteiger partial charge >= 0.3 is 11.9 Å². The maximum Gasteiger partial charge on any atom is 0.322 e. The van der Waals surface area contributed by atoms with Gasteiger partial charge in [-0.15, -0.1) is 0 Å². The summed E-state index contributed by atoms with van der Waals surface area (Å²) in [5.41, 5.74) is 3.50. The number of aryl methyl sites for hydroxylation is 1. The summed E-state index contributed by atoms with van der Waals surface area (Å²) >= 11 is 19.0. The Hall–Kier alpha value is -4.11. The van der Waals surface area contributed by atoms with E-state index in [4.69, 9.17) is 42.9 Å². The SMILES string of the molecule is CNc1cc(F)cc(COc2c(Br)cc(C(=O)NCC(=O)O)cc2Br)c1.CNc1cc(F)cc(COc2c(Cl)cc(CCC(=O)O)cc2Cl)c1. The molecule has 4 aromatic carbocycles. The topological polar surface area (TPSA) is 146 Å². The Labute approximate surface area is 313 Å². The van der Waals surface area contributed by atoms with E-state index < -0.39 is 24.4 Å². The lowest BCUT2D eigenvalue weighted by Crippen LogP contribution is -2.29. The molecule has 4 aromatic rings. The second-order valence-corrected chi connectivity index (χ2v) is 12.9. The molecule has 16 heteroatoms. The molecule has 266 valence electrons. The van der Waals surface area contributed by atoms with E-state index in [9.17, 15) is 23.2 Å². The van der Waals surface area contributed by atoms with E-state index in [0.29, 0.717) is 49.2 Å². The number of amides is 1. The Morgan fingerprint density at radius 1 is 0.700 bits per heavy atom. The third kappa shape index (κ3) is 12.7. The van der Waals surface area contributed by atoms with Gasteiger partial charge in [-0.1, -0.05) is 23.2 Å². The summed E-state index contributed by atoms with van der Waals surface area (Å²) < 4.78 is 39.4. The first-order valence-corrected chi connectivity index (χ1v) is 16.9. The van der Waals surface area contributed by atoms with E-state index in [-0.39, 0.29) is 52.6 Å². The van der Waals surface area contributed by atoms with Crippen LogP contribution in [-0.2, 0) is 29.2 Å². The highest BCUT2D eigenvalue weighted by Crippen LogP contribution is 2.36. The third-order valence-electron chi connectivity index (χ3n) is 6.61. The molecular weight excluding hydrogens is 831 g/mol. The van der Waals surface area contributed by atoms with Crippen LogP contribution in [0.4, 0.5) is 20.2 Å². The van der Waals surface area contributed by atoms with Crippen LogP contribution in [0.1, 0.15) is 33.5 Å². The van der Waals surface area contributed by atoms with Gasteiger partial charge in [-0.3, -0.25) is 14.4 Å². The first kappa shape index (κ1) is 40.3. The highest BCUT2D eigenvalue weighted by molar-refractivity contribution is 9.11. The number of carboxylic acid groups (broad SMARTS) is 2. The van der Waals surface area contributed by atoms with Crippen molar-refractivity contribution in [2.75, 3.05) is 31.3 Å². The summed E-state index contributed by atoms with van der Waals surface area (Å²) in [6.07, 6.45) is 0.313. The van der Waals surface area contributed by atoms with Crippen LogP contribution in [0.3, 0.4) is 0 Å². The molecule has 0 aromatic heterocycles. The van der Waals surface area contributed by atoms with Gasteiger partial charge in [0.25, 0.3) is 5.91 Å². The lowest BCUT2D eigenvalue weighted by molar-refractivity contribution is -0.137. The molecule has 50 heavy (non-hydrogen) atoms. The molecule has 0 aliphatic carbocycles. The number of ether oxygens (including phenoxy) is 2. The number of carbonyl (C=O) groups is 3. The van der Waals surface area contributed by atoms with Crippen molar-refractivity contribution in [3.8, 4) is 11.5 Å². The van der Waals surface area contributed by atoms with E-state index in [1.54, 1.807) is 38.4 Å². The molecule has 4 rings (SSSR count). The van der Waals surface area contributed by atoms with Crippen molar-refractivity contribution in [2.24, 2.45) is 0 Å². The minimum absolute atomic E-state index is 0.0110. The highest BCUT2D eigenvalue weighted by Gasteiger charge is 2.15. The summed E-state index contributed by atoms with van der Waals surface area (Å²) in [4.78, 5) is 33.1. The highest BCUT2D eigenvalue weighted by atomic mass is 79.9. The number of carbonyl (C=O) groups excluding carboxylic acids is 1. The van der Waals surface area contributed by atoms with Crippen molar-refractivity contribution < 1.29 is 42.9 Å².